The topological polar surface area (TPSA) is 13.1 Å². The number of hydrogen-bond acceptors (Lipinski definition) is 1. The molecule has 1 aromatic carbocycles. The maximum atomic E-state index is 5.88. The first-order valence-electron chi connectivity index (χ1n) is 10.5. The third-order valence-electron chi connectivity index (χ3n) is 4.93. The van der Waals surface area contributed by atoms with E-state index in [-0.39, 0.29) is 24.0 Å². The predicted molar refractivity (Wildman–Crippen MR) is 110 cm³/mol. The van der Waals surface area contributed by atoms with Crippen molar-refractivity contribution < 1.29 is 33.3 Å². The summed E-state index contributed by atoms with van der Waals surface area (Å²) < 4.78 is 7.93. The van der Waals surface area contributed by atoms with Crippen LogP contribution in [0.2, 0.25) is 0 Å². The normalized spacial score (nSPS) is 10.4. The summed E-state index contributed by atoms with van der Waals surface area (Å²) in [5, 5.41) is 0. The molecule has 1 aromatic heterocycles. The smallest absolute Gasteiger partial charge is 0.169 e. The molecule has 2 nitrogen and oxygen atoms in total. The summed E-state index contributed by atoms with van der Waals surface area (Å²) in [5.74, 6) is 0.978. The Balaban J connectivity index is 0.00000364. The molecule has 150 valence electrons. The van der Waals surface area contributed by atoms with Crippen molar-refractivity contribution in [1.82, 2.24) is 0 Å². The first-order valence-corrected chi connectivity index (χ1v) is 10.5. The van der Waals surface area contributed by atoms with Crippen LogP contribution in [0.25, 0.3) is 11.1 Å². The average Bonchev–Trinajstić information content (AvgIpc) is 2.67. The molecule has 0 spiro atoms. The molecule has 2 rings (SSSR count). The van der Waals surface area contributed by atoms with E-state index in [0.29, 0.717) is 0 Å². The molecule has 27 heavy (non-hydrogen) atoms. The number of ether oxygens (including phenoxy) is 1. The largest absolute Gasteiger partial charge is 1.00 e. The van der Waals surface area contributed by atoms with E-state index in [1.54, 1.807) is 0 Å². The Labute approximate surface area is 183 Å². The number of pyridine rings is 1. The summed E-state index contributed by atoms with van der Waals surface area (Å²) in [7, 11) is 2.04. The highest BCUT2D eigenvalue weighted by Gasteiger charge is 2.01. The zero-order valence-corrected chi connectivity index (χ0v) is 19.3. The number of halogens is 1. The van der Waals surface area contributed by atoms with Gasteiger partial charge in [-0.3, -0.25) is 0 Å². The number of aryl methyl sites for hydroxylation is 1. The van der Waals surface area contributed by atoms with Crippen LogP contribution < -0.4 is 33.3 Å². The molecular weight excluding hydrogens is 445 g/mol. The Kier molecular flexibility index (Phi) is 13.2. The molecule has 0 amide bonds. The van der Waals surface area contributed by atoms with Crippen LogP contribution in [0.15, 0.2) is 48.8 Å². The molecule has 0 unspecified atom stereocenters. The number of nitrogens with zero attached hydrogens (tertiary/aromatic N) is 1. The summed E-state index contributed by atoms with van der Waals surface area (Å²) in [5.41, 5.74) is 2.47. The fourth-order valence-electron chi connectivity index (χ4n) is 3.22. The maximum Gasteiger partial charge on any atom is 0.169 e. The van der Waals surface area contributed by atoms with Gasteiger partial charge in [-0.1, -0.05) is 76.8 Å². The number of benzene rings is 1. The van der Waals surface area contributed by atoms with Gasteiger partial charge in [0.25, 0.3) is 0 Å². The van der Waals surface area contributed by atoms with Gasteiger partial charge in [-0.15, -0.1) is 0 Å². The van der Waals surface area contributed by atoms with Crippen molar-refractivity contribution in [2.45, 2.75) is 71.1 Å². The van der Waals surface area contributed by atoms with E-state index in [4.69, 9.17) is 4.74 Å². The average molecular weight is 481 g/mol. The molecule has 0 N–H and O–H groups in total. The van der Waals surface area contributed by atoms with Gasteiger partial charge in [-0.05, 0) is 29.7 Å². The third kappa shape index (κ3) is 10.1. The molecule has 0 atom stereocenters. The van der Waals surface area contributed by atoms with Gasteiger partial charge in [0.05, 0.1) is 6.61 Å². The van der Waals surface area contributed by atoms with Gasteiger partial charge < -0.3 is 28.7 Å². The lowest BCUT2D eigenvalue weighted by Crippen LogP contribution is -3.00. The maximum absolute atomic E-state index is 5.88. The Morgan fingerprint density at radius 1 is 0.667 bits per heavy atom. The van der Waals surface area contributed by atoms with E-state index in [2.05, 4.69) is 55.7 Å². The first kappa shape index (κ1) is 23.9. The summed E-state index contributed by atoms with van der Waals surface area (Å²) in [4.78, 5) is 0. The summed E-state index contributed by atoms with van der Waals surface area (Å²) >= 11 is 0. The van der Waals surface area contributed by atoms with Gasteiger partial charge in [0.15, 0.2) is 12.4 Å². The van der Waals surface area contributed by atoms with E-state index in [9.17, 15) is 0 Å². The van der Waals surface area contributed by atoms with Crippen molar-refractivity contribution in [3.05, 3.63) is 48.8 Å². The van der Waals surface area contributed by atoms with E-state index < -0.39 is 0 Å². The number of unbranched alkanes of at least 4 members (excludes halogenated alkanes) is 9. The number of rotatable bonds is 13. The minimum Gasteiger partial charge on any atom is -1.00 e. The van der Waals surface area contributed by atoms with Gasteiger partial charge in [-0.2, -0.15) is 0 Å². The van der Waals surface area contributed by atoms with Crippen molar-refractivity contribution in [1.29, 1.82) is 0 Å². The summed E-state index contributed by atoms with van der Waals surface area (Å²) in [6.45, 7) is 3.11. The number of aromatic nitrogens is 1. The fraction of sp³-hybridized carbons (Fsp3) is 0.542. The third-order valence-corrected chi connectivity index (χ3v) is 4.93. The molecule has 3 heteroatoms. The number of hydrogen-bond donors (Lipinski definition) is 0. The van der Waals surface area contributed by atoms with Crippen molar-refractivity contribution in [2.75, 3.05) is 6.61 Å². The monoisotopic (exact) mass is 481 g/mol. The van der Waals surface area contributed by atoms with Gasteiger partial charge in [0, 0.05) is 12.1 Å². The zero-order chi connectivity index (χ0) is 18.5. The highest BCUT2D eigenvalue weighted by atomic mass is 127. The van der Waals surface area contributed by atoms with Crippen LogP contribution in [0.5, 0.6) is 5.75 Å². The Hall–Kier alpha value is -1.10. The fourth-order valence-corrected chi connectivity index (χ4v) is 3.22. The van der Waals surface area contributed by atoms with Crippen LogP contribution in [0.4, 0.5) is 0 Å². The lowest BCUT2D eigenvalue weighted by molar-refractivity contribution is -0.671. The summed E-state index contributed by atoms with van der Waals surface area (Å²) in [6, 6.07) is 12.7. The van der Waals surface area contributed by atoms with Crippen LogP contribution in [-0.4, -0.2) is 6.61 Å². The van der Waals surface area contributed by atoms with E-state index in [1.165, 1.54) is 68.9 Å². The second-order valence-electron chi connectivity index (χ2n) is 7.31. The molecule has 1 heterocycles. The molecule has 0 aliphatic heterocycles. The second kappa shape index (κ2) is 14.9. The molecule has 0 fully saturated rings. The highest BCUT2D eigenvalue weighted by molar-refractivity contribution is 5.63. The van der Waals surface area contributed by atoms with E-state index in [1.807, 2.05) is 11.6 Å². The van der Waals surface area contributed by atoms with Crippen molar-refractivity contribution in [2.24, 2.45) is 7.05 Å². The highest BCUT2D eigenvalue weighted by Crippen LogP contribution is 2.21. The van der Waals surface area contributed by atoms with Crippen molar-refractivity contribution in [3.63, 3.8) is 0 Å². The van der Waals surface area contributed by atoms with Crippen molar-refractivity contribution >= 4 is 0 Å². The van der Waals surface area contributed by atoms with Gasteiger partial charge >= 0.3 is 0 Å². The Morgan fingerprint density at radius 3 is 1.70 bits per heavy atom. The molecular formula is C24H36INO. The second-order valence-corrected chi connectivity index (χ2v) is 7.31. The quantitative estimate of drug-likeness (QED) is 0.243. The predicted octanol–water partition coefficient (Wildman–Crippen LogP) is 3.48. The molecule has 0 aliphatic carbocycles. The molecule has 0 saturated carbocycles. The molecule has 0 saturated heterocycles. The van der Waals surface area contributed by atoms with Crippen LogP contribution in [0, 0.1) is 0 Å². The van der Waals surface area contributed by atoms with Crippen LogP contribution in [0.3, 0.4) is 0 Å². The van der Waals surface area contributed by atoms with Gasteiger partial charge in [0.1, 0.15) is 12.8 Å². The SMILES string of the molecule is CCCCCCCCCCCCOc1ccc(-c2cc[n+](C)cc2)cc1.[I-]. The minimum absolute atomic E-state index is 0. The van der Waals surface area contributed by atoms with Crippen molar-refractivity contribution in [3.8, 4) is 16.9 Å². The van der Waals surface area contributed by atoms with Crippen LogP contribution in [-0.2, 0) is 7.05 Å². The minimum atomic E-state index is 0. The van der Waals surface area contributed by atoms with Gasteiger partial charge in [-0.25, -0.2) is 4.57 Å². The zero-order valence-electron chi connectivity index (χ0n) is 17.1. The molecule has 0 radical (unpaired) electrons. The first-order chi connectivity index (χ1) is 12.8. The Morgan fingerprint density at radius 2 is 1.15 bits per heavy atom. The lowest BCUT2D eigenvalue weighted by Gasteiger charge is -2.07. The van der Waals surface area contributed by atoms with E-state index >= 15 is 0 Å². The Bertz CT molecular complexity index is 595. The molecule has 0 bridgehead atoms. The molecule has 2 aromatic rings. The summed E-state index contributed by atoms with van der Waals surface area (Å²) in [6.07, 6.45) is 17.7. The molecule has 0 aliphatic rings. The van der Waals surface area contributed by atoms with Crippen LogP contribution in [0.1, 0.15) is 71.1 Å². The van der Waals surface area contributed by atoms with Gasteiger partial charge in [0.2, 0.25) is 0 Å². The lowest BCUT2D eigenvalue weighted by atomic mass is 10.1. The van der Waals surface area contributed by atoms with Crippen LogP contribution >= 0.6 is 0 Å². The van der Waals surface area contributed by atoms with E-state index in [0.717, 1.165) is 18.8 Å². The standard InChI is InChI=1S/C24H36NO.HI/c1-3-4-5-6-7-8-9-10-11-12-21-26-24-15-13-22(14-16-24)23-17-19-25(2)20-18-23;/h13-20H,3-12,21H2,1-2H3;1H/q+1;/p-1.